The van der Waals surface area contributed by atoms with Crippen LogP contribution in [-0.4, -0.2) is 35.4 Å². The summed E-state index contributed by atoms with van der Waals surface area (Å²) >= 11 is 3.45. The molecule has 0 aromatic heterocycles. The van der Waals surface area contributed by atoms with Gasteiger partial charge in [0.2, 0.25) is 5.91 Å². The third-order valence-corrected chi connectivity index (χ3v) is 5.03. The van der Waals surface area contributed by atoms with Gasteiger partial charge < -0.3 is 15.0 Å². The van der Waals surface area contributed by atoms with Crippen LogP contribution in [0.2, 0.25) is 0 Å². The Bertz CT molecular complexity index is 821. The summed E-state index contributed by atoms with van der Waals surface area (Å²) in [5.74, 6) is 0.212. The van der Waals surface area contributed by atoms with Crippen molar-refractivity contribution in [1.82, 2.24) is 10.2 Å². The van der Waals surface area contributed by atoms with Crippen LogP contribution in [0.3, 0.4) is 0 Å². The fraction of sp³-hybridized carbons (Fsp3) is 0.391. The number of carbonyl (C=O) groups is 2. The molecule has 0 heterocycles. The molecule has 0 saturated heterocycles. The highest BCUT2D eigenvalue weighted by Crippen LogP contribution is 2.17. The molecule has 0 radical (unpaired) electrons. The van der Waals surface area contributed by atoms with Crippen molar-refractivity contribution < 1.29 is 14.3 Å². The highest BCUT2D eigenvalue weighted by molar-refractivity contribution is 9.10. The van der Waals surface area contributed by atoms with E-state index in [-0.39, 0.29) is 24.5 Å². The summed E-state index contributed by atoms with van der Waals surface area (Å²) in [6.45, 7) is 7.82. The summed E-state index contributed by atoms with van der Waals surface area (Å²) in [6.07, 6.45) is 0.947. The van der Waals surface area contributed by atoms with Gasteiger partial charge in [-0.05, 0) is 62.6 Å². The van der Waals surface area contributed by atoms with Gasteiger partial charge in [-0.15, -0.1) is 0 Å². The van der Waals surface area contributed by atoms with Gasteiger partial charge in [0, 0.05) is 17.1 Å². The van der Waals surface area contributed by atoms with E-state index in [4.69, 9.17) is 4.74 Å². The molecular formula is C23H29BrN2O3. The van der Waals surface area contributed by atoms with Gasteiger partial charge in [-0.2, -0.15) is 0 Å². The van der Waals surface area contributed by atoms with Crippen LogP contribution in [0.15, 0.2) is 53.0 Å². The van der Waals surface area contributed by atoms with Crippen molar-refractivity contribution in [2.45, 2.75) is 52.7 Å². The Morgan fingerprint density at radius 2 is 1.76 bits per heavy atom. The first-order valence-corrected chi connectivity index (χ1v) is 10.7. The number of aryl methyl sites for hydroxylation is 1. The first-order valence-electron chi connectivity index (χ1n) is 9.86. The lowest BCUT2D eigenvalue weighted by Gasteiger charge is -2.29. The second-order valence-corrected chi connectivity index (χ2v) is 8.19. The van der Waals surface area contributed by atoms with E-state index in [0.717, 1.165) is 16.5 Å². The van der Waals surface area contributed by atoms with Crippen LogP contribution in [0, 0.1) is 0 Å². The minimum atomic E-state index is -0.616. The second kappa shape index (κ2) is 11.0. The van der Waals surface area contributed by atoms with E-state index < -0.39 is 6.04 Å². The molecule has 2 amide bonds. The molecule has 0 aliphatic heterocycles. The number of hydrogen-bond acceptors (Lipinski definition) is 3. The third-order valence-electron chi connectivity index (χ3n) is 4.53. The first-order chi connectivity index (χ1) is 13.8. The van der Waals surface area contributed by atoms with Gasteiger partial charge in [0.25, 0.3) is 5.91 Å². The zero-order valence-electron chi connectivity index (χ0n) is 17.4. The molecule has 2 aromatic carbocycles. The highest BCUT2D eigenvalue weighted by Gasteiger charge is 2.26. The van der Waals surface area contributed by atoms with E-state index in [9.17, 15) is 9.59 Å². The SMILES string of the molecule is CCc1ccc(OCC(=O)N(Cc2cccc(Br)c2)[C@H](C)C(=O)NC(C)C)cc1. The number of nitrogens with one attached hydrogen (secondary N) is 1. The Morgan fingerprint density at radius 1 is 1.07 bits per heavy atom. The molecule has 0 saturated carbocycles. The monoisotopic (exact) mass is 460 g/mol. The van der Waals surface area contributed by atoms with Gasteiger partial charge in [0.1, 0.15) is 11.8 Å². The average molecular weight is 461 g/mol. The van der Waals surface area contributed by atoms with Crippen LogP contribution < -0.4 is 10.1 Å². The summed E-state index contributed by atoms with van der Waals surface area (Å²) in [6, 6.07) is 14.8. The Kier molecular flexibility index (Phi) is 8.70. The zero-order valence-corrected chi connectivity index (χ0v) is 19.0. The van der Waals surface area contributed by atoms with E-state index in [2.05, 4.69) is 28.2 Å². The van der Waals surface area contributed by atoms with Crippen molar-refractivity contribution >= 4 is 27.7 Å². The van der Waals surface area contributed by atoms with Crippen molar-refractivity contribution in [3.05, 3.63) is 64.1 Å². The van der Waals surface area contributed by atoms with Crippen molar-refractivity contribution in [2.24, 2.45) is 0 Å². The molecule has 0 unspecified atom stereocenters. The Hall–Kier alpha value is -2.34. The first kappa shape index (κ1) is 22.9. The summed E-state index contributed by atoms with van der Waals surface area (Å²) in [5, 5.41) is 2.88. The summed E-state index contributed by atoms with van der Waals surface area (Å²) in [7, 11) is 0. The maximum absolute atomic E-state index is 13.0. The van der Waals surface area contributed by atoms with E-state index in [1.807, 2.05) is 62.4 Å². The molecule has 0 aliphatic rings. The minimum absolute atomic E-state index is 0.00102. The number of carbonyl (C=O) groups excluding carboxylic acids is 2. The number of amides is 2. The lowest BCUT2D eigenvalue weighted by atomic mass is 10.1. The van der Waals surface area contributed by atoms with Crippen LogP contribution in [0.25, 0.3) is 0 Å². The van der Waals surface area contributed by atoms with Crippen LogP contribution >= 0.6 is 15.9 Å². The maximum Gasteiger partial charge on any atom is 0.261 e. The lowest BCUT2D eigenvalue weighted by molar-refractivity contribution is -0.142. The standard InChI is InChI=1S/C23H29BrN2O3/c1-5-18-9-11-21(12-10-18)29-15-22(27)26(17(4)23(28)25-16(2)3)14-19-7-6-8-20(24)13-19/h6-13,16-17H,5,14-15H2,1-4H3,(H,25,28)/t17-/m1/s1. The number of nitrogens with zero attached hydrogens (tertiary/aromatic N) is 1. The van der Waals surface area contributed by atoms with E-state index >= 15 is 0 Å². The van der Waals surface area contributed by atoms with Crippen LogP contribution in [0.1, 0.15) is 38.8 Å². The smallest absolute Gasteiger partial charge is 0.261 e. The molecule has 1 atom stereocenters. The Balaban J connectivity index is 2.13. The number of ether oxygens (including phenoxy) is 1. The fourth-order valence-corrected chi connectivity index (χ4v) is 3.32. The van der Waals surface area contributed by atoms with Crippen molar-refractivity contribution in [3.63, 3.8) is 0 Å². The molecule has 0 spiro atoms. The predicted molar refractivity (Wildman–Crippen MR) is 119 cm³/mol. The van der Waals surface area contributed by atoms with Crippen LogP contribution in [0.4, 0.5) is 0 Å². The predicted octanol–water partition coefficient (Wildman–Crippen LogP) is 4.33. The Morgan fingerprint density at radius 3 is 2.34 bits per heavy atom. The van der Waals surface area contributed by atoms with E-state index in [1.54, 1.807) is 11.8 Å². The van der Waals surface area contributed by atoms with Gasteiger partial charge in [-0.25, -0.2) is 0 Å². The number of halogens is 1. The van der Waals surface area contributed by atoms with Gasteiger partial charge >= 0.3 is 0 Å². The largest absolute Gasteiger partial charge is 0.484 e. The lowest BCUT2D eigenvalue weighted by Crippen LogP contribution is -2.50. The summed E-state index contributed by atoms with van der Waals surface area (Å²) in [5.41, 5.74) is 2.14. The second-order valence-electron chi connectivity index (χ2n) is 7.28. The molecule has 29 heavy (non-hydrogen) atoms. The number of rotatable bonds is 9. The molecule has 156 valence electrons. The average Bonchev–Trinajstić information content (AvgIpc) is 2.69. The van der Waals surface area contributed by atoms with Crippen LogP contribution in [0.5, 0.6) is 5.75 Å². The van der Waals surface area contributed by atoms with E-state index in [1.165, 1.54) is 5.56 Å². The summed E-state index contributed by atoms with van der Waals surface area (Å²) in [4.78, 5) is 27.1. The molecule has 1 N–H and O–H groups in total. The maximum atomic E-state index is 13.0. The molecule has 0 bridgehead atoms. The zero-order chi connectivity index (χ0) is 21.4. The quantitative estimate of drug-likeness (QED) is 0.605. The normalized spacial score (nSPS) is 11.8. The molecule has 0 fully saturated rings. The number of hydrogen-bond donors (Lipinski definition) is 1. The van der Waals surface area contributed by atoms with Gasteiger partial charge in [0.05, 0.1) is 0 Å². The van der Waals surface area contributed by atoms with Crippen molar-refractivity contribution in [1.29, 1.82) is 0 Å². The van der Waals surface area contributed by atoms with Crippen molar-refractivity contribution in [2.75, 3.05) is 6.61 Å². The number of benzene rings is 2. The summed E-state index contributed by atoms with van der Waals surface area (Å²) < 4.78 is 6.61. The van der Waals surface area contributed by atoms with Gasteiger partial charge in [-0.1, -0.05) is 47.1 Å². The molecule has 0 aliphatic carbocycles. The molecule has 5 nitrogen and oxygen atoms in total. The molecule has 2 rings (SSSR count). The molecule has 6 heteroatoms. The minimum Gasteiger partial charge on any atom is -0.484 e. The topological polar surface area (TPSA) is 58.6 Å². The molecular weight excluding hydrogens is 432 g/mol. The molecule has 2 aromatic rings. The Labute approximate surface area is 181 Å². The van der Waals surface area contributed by atoms with E-state index in [0.29, 0.717) is 12.3 Å². The van der Waals surface area contributed by atoms with Crippen LogP contribution in [-0.2, 0) is 22.6 Å². The fourth-order valence-electron chi connectivity index (χ4n) is 2.87. The van der Waals surface area contributed by atoms with Crippen molar-refractivity contribution in [3.8, 4) is 5.75 Å². The van der Waals surface area contributed by atoms with Gasteiger partial charge in [-0.3, -0.25) is 9.59 Å². The highest BCUT2D eigenvalue weighted by atomic mass is 79.9. The third kappa shape index (κ3) is 7.20. The van der Waals surface area contributed by atoms with Gasteiger partial charge in [0.15, 0.2) is 6.61 Å².